The summed E-state index contributed by atoms with van der Waals surface area (Å²) in [6.45, 7) is 1.78. The average Bonchev–Trinajstić information content (AvgIpc) is 3.43. The topological polar surface area (TPSA) is 247 Å². The molecule has 6 aromatic carbocycles. The monoisotopic (exact) mass is 1150 g/mol. The number of carbonyl (C=O) groups excluding carboxylic acids is 4. The Kier molecular flexibility index (Phi) is 47.2. The van der Waals surface area contributed by atoms with Gasteiger partial charge in [-0.3, -0.25) is 19.2 Å². The molecule has 73 heavy (non-hydrogen) atoms. The predicted molar refractivity (Wildman–Crippen MR) is 284 cm³/mol. The molecule has 0 spiro atoms. The molecule has 0 saturated heterocycles. The number of phenols is 1. The number of aliphatic hydroxyl groups is 2. The number of ketones is 3. The maximum atomic E-state index is 12.2. The van der Waals surface area contributed by atoms with Crippen molar-refractivity contribution in [3.8, 4) is 34.5 Å². The number of aromatic hydroxyl groups is 1. The number of rotatable bonds is 17. The maximum absolute atomic E-state index is 12.2. The fourth-order valence-corrected chi connectivity index (χ4v) is 5.22. The van der Waals surface area contributed by atoms with E-state index in [1.807, 2.05) is 78.9 Å². The Morgan fingerprint density at radius 1 is 0.493 bits per heavy atom. The minimum Gasteiger partial charge on any atom is -0.870 e. The Hall–Kier alpha value is -6.10. The molecule has 4 N–H and O–H groups in total. The van der Waals surface area contributed by atoms with E-state index in [9.17, 15) is 24.3 Å². The molecule has 6 rings (SSSR count). The fraction of sp³-hybridized carbons (Fsp3) is 0.200. The van der Waals surface area contributed by atoms with Crippen LogP contribution in [0.3, 0.4) is 0 Å². The number of carbonyl (C=O) groups is 4. The number of Topliss-reactive ketones (excluding diaryl/α,β-unsaturated/α-hetero) is 1. The number of aldehydes is 1. The minimum atomic E-state index is -0.137. The molecular weight excluding hydrogens is 1090 g/mol. The van der Waals surface area contributed by atoms with Crippen LogP contribution < -0.4 is 28.8 Å². The van der Waals surface area contributed by atoms with Crippen molar-refractivity contribution in [2.24, 2.45) is 0 Å². The zero-order chi connectivity index (χ0) is 52.5. The second-order valence-corrected chi connectivity index (χ2v) is 13.0. The zero-order valence-corrected chi connectivity index (χ0v) is 47.7. The third kappa shape index (κ3) is 29.9. The van der Waals surface area contributed by atoms with Crippen molar-refractivity contribution >= 4 is 97.1 Å². The van der Waals surface area contributed by atoms with Crippen molar-refractivity contribution in [2.45, 2.75) is 6.92 Å². The van der Waals surface area contributed by atoms with Crippen LogP contribution in [-0.2, 0) is 9.47 Å². The van der Waals surface area contributed by atoms with Gasteiger partial charge in [-0.05, 0) is 84.8 Å². The summed E-state index contributed by atoms with van der Waals surface area (Å²) in [6, 6.07) is 42.9. The van der Waals surface area contributed by atoms with Gasteiger partial charge >= 0.3 is 48.9 Å². The second kappa shape index (κ2) is 46.9. The first-order valence-corrected chi connectivity index (χ1v) is 20.9. The number of allylic oxidation sites excluding steroid dienone is 2. The Labute approximate surface area is 474 Å². The van der Waals surface area contributed by atoms with E-state index in [2.05, 4.69) is 0 Å². The van der Waals surface area contributed by atoms with Crippen LogP contribution in [0.15, 0.2) is 158 Å². The third-order valence-electron chi connectivity index (χ3n) is 8.54. The molecular formula is C55H65BaClO16. The van der Waals surface area contributed by atoms with E-state index in [-0.39, 0.29) is 103 Å². The summed E-state index contributed by atoms with van der Waals surface area (Å²) in [5, 5.41) is 31.7. The smallest absolute Gasteiger partial charge is 0.870 e. The molecule has 0 radical (unpaired) electrons. The van der Waals surface area contributed by atoms with Crippen LogP contribution in [0.4, 0.5) is 0 Å². The van der Waals surface area contributed by atoms with Crippen molar-refractivity contribution in [3.05, 3.63) is 191 Å². The maximum Gasteiger partial charge on any atom is 2.00 e. The van der Waals surface area contributed by atoms with Crippen LogP contribution in [0.2, 0.25) is 0 Å². The first-order chi connectivity index (χ1) is 34.1. The van der Waals surface area contributed by atoms with Crippen LogP contribution in [0.1, 0.15) is 59.5 Å². The van der Waals surface area contributed by atoms with Crippen LogP contribution >= 0.6 is 12.4 Å². The number of hydrogen-bond acceptors (Lipinski definition) is 16. The molecule has 0 unspecified atom stereocenters. The van der Waals surface area contributed by atoms with Crippen molar-refractivity contribution in [3.63, 3.8) is 0 Å². The number of halogens is 1. The van der Waals surface area contributed by atoms with Crippen molar-refractivity contribution < 1.29 is 78.2 Å². The predicted octanol–water partition coefficient (Wildman–Crippen LogP) is 8.31. The Morgan fingerprint density at radius 3 is 1.15 bits per heavy atom. The van der Waals surface area contributed by atoms with E-state index in [1.165, 1.54) is 53.6 Å². The summed E-state index contributed by atoms with van der Waals surface area (Å²) >= 11 is 0. The first-order valence-electron chi connectivity index (χ1n) is 20.9. The number of ether oxygens (including phenoxy) is 7. The van der Waals surface area contributed by atoms with Gasteiger partial charge in [0.1, 0.15) is 6.29 Å². The van der Waals surface area contributed by atoms with E-state index in [4.69, 9.17) is 48.5 Å². The molecule has 16 nitrogen and oxygen atoms in total. The molecule has 0 fully saturated rings. The van der Waals surface area contributed by atoms with E-state index in [1.54, 1.807) is 79.9 Å². The van der Waals surface area contributed by atoms with Gasteiger partial charge in [0.25, 0.3) is 0 Å². The Morgan fingerprint density at radius 2 is 0.822 bits per heavy atom. The molecule has 0 aliphatic rings. The van der Waals surface area contributed by atoms with E-state index < -0.39 is 0 Å². The number of phenolic OH excluding ortho intramolecular Hbond substituents is 1. The SMILES string of the molecule is CO.CO.COCOc1ccc(C(=O)/C=C/c2ccccc2)cc1OC.COCOc1ccc(C(C)=O)cc1OC.COc1cc(C(=O)/C=C/c2ccccc2)ccc1O.C[O-].Cl.O=Cc1ccccc1.[Ba+2].[OH-]. The zero-order valence-electron chi connectivity index (χ0n) is 42.5. The normalized spacial score (nSPS) is 9.15. The molecule has 0 aliphatic carbocycles. The summed E-state index contributed by atoms with van der Waals surface area (Å²) in [4.78, 5) is 45.3. The van der Waals surface area contributed by atoms with Gasteiger partial charge in [0.15, 0.2) is 65.4 Å². The molecule has 0 bridgehead atoms. The summed E-state index contributed by atoms with van der Waals surface area (Å²) < 4.78 is 35.6. The summed E-state index contributed by atoms with van der Waals surface area (Å²) in [7, 11) is 10.3. The van der Waals surface area contributed by atoms with Crippen LogP contribution in [0.25, 0.3) is 12.2 Å². The Balaban J connectivity index is -0.000000430. The fourth-order valence-electron chi connectivity index (χ4n) is 5.22. The quantitative estimate of drug-likeness (QED) is 0.0255. The van der Waals surface area contributed by atoms with Gasteiger partial charge in [-0.1, -0.05) is 103 Å². The standard InChI is InChI=1S/C18H18O4.C16H14O3.C11H14O4.C7H6O.2CH4O.CH3O.Ba.ClH.H2O/c1-20-13-22-17-11-9-15(12-18(17)21-2)16(19)10-8-14-6-4-3-5-7-14;1-19-16-11-13(8-10-15(16)18)14(17)9-7-12-5-3-2-4-6-12;1-8(12)9-4-5-10(15-7-13-2)11(6-9)14-3;8-6-7-4-2-1-3-5-7;3*1-2;;;/h3-12H,13H2,1-2H3;2-11,18H,1H3;4-6H,7H2,1-3H3;1-6H;2*2H,1H3;1H3;;1H;1H2/q;;;;;;-1;+2;;/p-1/b10-8+;9-7+;;;;;;;;. The van der Waals surface area contributed by atoms with E-state index in [0.29, 0.717) is 45.4 Å². The number of benzene rings is 6. The van der Waals surface area contributed by atoms with Gasteiger partial charge in [0, 0.05) is 50.7 Å². The summed E-state index contributed by atoms with van der Waals surface area (Å²) in [5.74, 6) is 2.19. The van der Waals surface area contributed by atoms with Gasteiger partial charge in [0.05, 0.1) is 21.3 Å². The van der Waals surface area contributed by atoms with Crippen LogP contribution in [0, 0.1) is 0 Å². The largest absolute Gasteiger partial charge is 2.00 e. The second-order valence-electron chi connectivity index (χ2n) is 13.0. The number of hydrogen-bond donors (Lipinski definition) is 3. The molecule has 0 saturated carbocycles. The van der Waals surface area contributed by atoms with Crippen molar-refractivity contribution in [2.75, 3.05) is 70.5 Å². The molecule has 0 aliphatic heterocycles. The molecule has 0 atom stereocenters. The molecule has 0 amide bonds. The average molecular weight is 1150 g/mol. The molecule has 18 heteroatoms. The van der Waals surface area contributed by atoms with E-state index in [0.717, 1.165) is 44.3 Å². The van der Waals surface area contributed by atoms with Gasteiger partial charge in [-0.2, -0.15) is 7.11 Å². The molecule has 390 valence electrons. The molecule has 0 aromatic heterocycles. The van der Waals surface area contributed by atoms with E-state index >= 15 is 0 Å². The molecule has 0 heterocycles. The Bertz CT molecular complexity index is 2440. The van der Waals surface area contributed by atoms with Crippen molar-refractivity contribution in [1.82, 2.24) is 0 Å². The first kappa shape index (κ1) is 73.4. The van der Waals surface area contributed by atoms with Crippen molar-refractivity contribution in [1.29, 1.82) is 0 Å². The van der Waals surface area contributed by atoms with Crippen LogP contribution in [-0.4, -0.2) is 164 Å². The summed E-state index contributed by atoms with van der Waals surface area (Å²) in [6.07, 6.45) is 7.41. The third-order valence-corrected chi connectivity index (χ3v) is 8.54. The van der Waals surface area contributed by atoms with Gasteiger partial charge < -0.3 is 59.1 Å². The number of methoxy groups -OCH3 is 5. The number of aliphatic hydroxyl groups excluding tert-OH is 2. The van der Waals surface area contributed by atoms with Gasteiger partial charge in [0.2, 0.25) is 0 Å². The van der Waals surface area contributed by atoms with Gasteiger partial charge in [-0.15, -0.1) is 12.4 Å². The van der Waals surface area contributed by atoms with Gasteiger partial charge in [-0.25, -0.2) is 0 Å². The minimum absolute atomic E-state index is 0. The summed E-state index contributed by atoms with van der Waals surface area (Å²) in [5.41, 5.74) is 4.27. The molecule has 6 aromatic rings. The van der Waals surface area contributed by atoms with Crippen LogP contribution in [0.5, 0.6) is 34.5 Å².